The molecule has 1 aromatic rings. The van der Waals surface area contributed by atoms with E-state index in [4.69, 9.17) is 4.89 Å². The lowest BCUT2D eigenvalue weighted by Gasteiger charge is -2.11. The summed E-state index contributed by atoms with van der Waals surface area (Å²) in [5, 5.41) is 0. The molecular formula is C10H13FNO4P. The molecule has 0 aliphatic carbocycles. The molecule has 0 saturated carbocycles. The number of halogens is 1. The van der Waals surface area contributed by atoms with E-state index in [9.17, 15) is 13.8 Å². The molecular weight excluding hydrogens is 248 g/mol. The quantitative estimate of drug-likeness (QED) is 0.663. The first-order chi connectivity index (χ1) is 7.72. The fourth-order valence-corrected chi connectivity index (χ4v) is 1.68. The lowest BCUT2D eigenvalue weighted by molar-refractivity contribution is 0.101. The van der Waals surface area contributed by atoms with E-state index >= 15 is 0 Å². The minimum atomic E-state index is -3.67. The van der Waals surface area contributed by atoms with Gasteiger partial charge in [-0.1, -0.05) is 0 Å². The topological polar surface area (TPSA) is 76.5 Å². The second-order valence-electron chi connectivity index (χ2n) is 3.69. The minimum absolute atomic E-state index is 0.0997. The molecule has 1 rings (SSSR count). The van der Waals surface area contributed by atoms with E-state index in [0.717, 1.165) is 6.66 Å². The number of Topliss-reactive ketones (excluding diaryl/α,β-unsaturated/α-hetero) is 1. The summed E-state index contributed by atoms with van der Waals surface area (Å²) in [5.74, 6) is -1.20. The molecule has 0 aliphatic rings. The Morgan fingerprint density at radius 3 is 2.71 bits per heavy atom. The van der Waals surface area contributed by atoms with Gasteiger partial charge in [-0.05, 0) is 13.8 Å². The predicted molar refractivity (Wildman–Crippen MR) is 59.5 cm³/mol. The van der Waals surface area contributed by atoms with Crippen LogP contribution < -0.4 is 0 Å². The van der Waals surface area contributed by atoms with Crippen LogP contribution in [-0.2, 0) is 15.7 Å². The fourth-order valence-electron chi connectivity index (χ4n) is 1.30. The normalized spacial score (nSPS) is 14.4. The standard InChI is InChI=1S/C10H13FNO4P/c1-6-10(11)9(7(2)13)8(4-12-6)5-16-17(3,14)15/h4H,5H2,1-3H3,(H,14,15). The number of nitrogens with zero attached hydrogens (tertiary/aromatic N) is 1. The van der Waals surface area contributed by atoms with E-state index in [2.05, 4.69) is 9.51 Å². The van der Waals surface area contributed by atoms with Crippen molar-refractivity contribution < 1.29 is 23.2 Å². The maximum Gasteiger partial charge on any atom is 0.325 e. The molecule has 1 unspecified atom stereocenters. The average Bonchev–Trinajstić information content (AvgIpc) is 2.18. The van der Waals surface area contributed by atoms with Crippen LogP contribution in [0.5, 0.6) is 0 Å². The van der Waals surface area contributed by atoms with E-state index in [-0.39, 0.29) is 23.4 Å². The van der Waals surface area contributed by atoms with Crippen LogP contribution in [0.1, 0.15) is 28.5 Å². The Balaban J connectivity index is 3.12. The van der Waals surface area contributed by atoms with E-state index in [1.54, 1.807) is 0 Å². The molecule has 1 N–H and O–H groups in total. The molecule has 1 atom stereocenters. The average molecular weight is 261 g/mol. The molecule has 0 radical (unpaired) electrons. The summed E-state index contributed by atoms with van der Waals surface area (Å²) in [5.41, 5.74) is 0.116. The summed E-state index contributed by atoms with van der Waals surface area (Å²) in [4.78, 5) is 24.0. The molecule has 0 aliphatic heterocycles. The zero-order chi connectivity index (χ0) is 13.2. The van der Waals surface area contributed by atoms with Crippen molar-refractivity contribution in [3.05, 3.63) is 28.8 Å². The van der Waals surface area contributed by atoms with E-state index in [1.165, 1.54) is 20.0 Å². The predicted octanol–water partition coefficient (Wildman–Crippen LogP) is 2.06. The first kappa shape index (κ1) is 14.0. The number of carbonyl (C=O) groups excluding carboxylic acids is 1. The van der Waals surface area contributed by atoms with Gasteiger partial charge in [0.15, 0.2) is 11.6 Å². The van der Waals surface area contributed by atoms with Crippen molar-refractivity contribution in [3.8, 4) is 0 Å². The Bertz CT molecular complexity index is 497. The van der Waals surface area contributed by atoms with Gasteiger partial charge >= 0.3 is 7.60 Å². The molecule has 0 bridgehead atoms. The molecule has 94 valence electrons. The van der Waals surface area contributed by atoms with Crippen molar-refractivity contribution in [2.45, 2.75) is 20.5 Å². The lowest BCUT2D eigenvalue weighted by Crippen LogP contribution is -2.08. The molecule has 0 fully saturated rings. The van der Waals surface area contributed by atoms with E-state index < -0.39 is 19.2 Å². The Kier molecular flexibility index (Phi) is 4.14. The van der Waals surface area contributed by atoms with Crippen LogP contribution in [-0.4, -0.2) is 22.3 Å². The van der Waals surface area contributed by atoms with Gasteiger partial charge in [-0.25, -0.2) is 4.39 Å². The Morgan fingerprint density at radius 1 is 1.65 bits per heavy atom. The highest BCUT2D eigenvalue weighted by Crippen LogP contribution is 2.38. The van der Waals surface area contributed by atoms with Crippen LogP contribution in [0.4, 0.5) is 4.39 Å². The largest absolute Gasteiger partial charge is 0.325 e. The SMILES string of the molecule is CC(=O)c1c(COP(C)(=O)O)cnc(C)c1F. The number of aryl methyl sites for hydroxylation is 1. The van der Waals surface area contributed by atoms with Crippen molar-refractivity contribution in [2.24, 2.45) is 0 Å². The molecule has 0 saturated heterocycles. The number of ketones is 1. The number of rotatable bonds is 4. The molecule has 1 aromatic heterocycles. The number of carbonyl (C=O) groups is 1. The summed E-state index contributed by atoms with van der Waals surface area (Å²) in [6, 6.07) is 0. The zero-order valence-corrected chi connectivity index (χ0v) is 10.6. The van der Waals surface area contributed by atoms with Crippen molar-refractivity contribution in [2.75, 3.05) is 6.66 Å². The first-order valence-electron chi connectivity index (χ1n) is 4.82. The third kappa shape index (κ3) is 3.70. The van der Waals surface area contributed by atoms with Crippen LogP contribution in [0.15, 0.2) is 6.20 Å². The van der Waals surface area contributed by atoms with Gasteiger partial charge in [-0.15, -0.1) is 0 Å². The van der Waals surface area contributed by atoms with Gasteiger partial charge in [0.05, 0.1) is 17.9 Å². The Morgan fingerprint density at radius 2 is 2.24 bits per heavy atom. The highest BCUT2D eigenvalue weighted by atomic mass is 31.2. The van der Waals surface area contributed by atoms with Crippen LogP contribution in [0.3, 0.4) is 0 Å². The van der Waals surface area contributed by atoms with Gasteiger partial charge in [0.25, 0.3) is 0 Å². The van der Waals surface area contributed by atoms with Gasteiger partial charge in [0.1, 0.15) is 0 Å². The summed E-state index contributed by atoms with van der Waals surface area (Å²) < 4.78 is 29.3. The van der Waals surface area contributed by atoms with Gasteiger partial charge < -0.3 is 9.42 Å². The summed E-state index contributed by atoms with van der Waals surface area (Å²) in [6.45, 7) is 3.33. The Labute approximate surface area is 98.2 Å². The molecule has 1 heterocycles. The van der Waals surface area contributed by atoms with E-state index in [1.807, 2.05) is 0 Å². The number of hydrogen-bond donors (Lipinski definition) is 1. The van der Waals surface area contributed by atoms with Gasteiger partial charge in [0.2, 0.25) is 0 Å². The molecule has 7 heteroatoms. The zero-order valence-electron chi connectivity index (χ0n) is 9.73. The fraction of sp³-hybridized carbons (Fsp3) is 0.400. The molecule has 0 spiro atoms. The van der Waals surface area contributed by atoms with Crippen LogP contribution in [0.2, 0.25) is 0 Å². The highest BCUT2D eigenvalue weighted by Gasteiger charge is 2.19. The number of aromatic nitrogens is 1. The lowest BCUT2D eigenvalue weighted by atomic mass is 10.1. The maximum absolute atomic E-state index is 13.7. The summed E-state index contributed by atoms with van der Waals surface area (Å²) in [6.07, 6.45) is 1.27. The van der Waals surface area contributed by atoms with Gasteiger partial charge in [-0.3, -0.25) is 14.3 Å². The third-order valence-corrected chi connectivity index (χ3v) is 2.69. The highest BCUT2D eigenvalue weighted by molar-refractivity contribution is 7.51. The van der Waals surface area contributed by atoms with Crippen LogP contribution in [0, 0.1) is 12.7 Å². The van der Waals surface area contributed by atoms with Gasteiger partial charge in [0, 0.05) is 18.4 Å². The maximum atomic E-state index is 13.7. The van der Waals surface area contributed by atoms with E-state index in [0.29, 0.717) is 0 Å². The summed E-state index contributed by atoms with van der Waals surface area (Å²) in [7, 11) is -3.67. The molecule has 17 heavy (non-hydrogen) atoms. The van der Waals surface area contributed by atoms with Crippen LogP contribution >= 0.6 is 7.60 Å². The second kappa shape index (κ2) is 5.04. The van der Waals surface area contributed by atoms with Crippen molar-refractivity contribution in [3.63, 3.8) is 0 Å². The molecule has 0 aromatic carbocycles. The minimum Gasteiger partial charge on any atom is -0.324 e. The Hall–Kier alpha value is -1.10. The number of hydrogen-bond acceptors (Lipinski definition) is 4. The first-order valence-corrected chi connectivity index (χ1v) is 6.84. The smallest absolute Gasteiger partial charge is 0.324 e. The van der Waals surface area contributed by atoms with Crippen molar-refractivity contribution in [1.29, 1.82) is 0 Å². The number of pyridine rings is 1. The van der Waals surface area contributed by atoms with Crippen molar-refractivity contribution >= 4 is 13.4 Å². The second-order valence-corrected chi connectivity index (χ2v) is 5.55. The summed E-state index contributed by atoms with van der Waals surface area (Å²) >= 11 is 0. The third-order valence-electron chi connectivity index (χ3n) is 2.08. The molecule has 0 amide bonds. The van der Waals surface area contributed by atoms with Crippen LogP contribution in [0.25, 0.3) is 0 Å². The van der Waals surface area contributed by atoms with Gasteiger partial charge in [-0.2, -0.15) is 0 Å². The van der Waals surface area contributed by atoms with Crippen molar-refractivity contribution in [1.82, 2.24) is 4.98 Å². The molecule has 5 nitrogen and oxygen atoms in total. The monoisotopic (exact) mass is 261 g/mol.